The van der Waals surface area contributed by atoms with Gasteiger partial charge in [-0.2, -0.15) is 0 Å². The summed E-state index contributed by atoms with van der Waals surface area (Å²) in [5.74, 6) is 3.28. The minimum absolute atomic E-state index is 0.00388. The molecule has 3 heteroatoms. The van der Waals surface area contributed by atoms with Crippen molar-refractivity contribution in [3.05, 3.63) is 102 Å². The number of aromatic nitrogens is 1. The van der Waals surface area contributed by atoms with Crippen molar-refractivity contribution in [2.45, 2.75) is 37.7 Å². The Labute approximate surface area is 195 Å². The third-order valence-electron chi connectivity index (χ3n) is 7.83. The Morgan fingerprint density at radius 1 is 0.909 bits per heavy atom. The summed E-state index contributed by atoms with van der Waals surface area (Å²) in [6.45, 7) is 0.445. The van der Waals surface area contributed by atoms with E-state index in [0.29, 0.717) is 12.5 Å². The van der Waals surface area contributed by atoms with Gasteiger partial charge in [-0.25, -0.2) is 4.98 Å². The molecule has 0 saturated heterocycles. The standard InChI is InChI=1S/C30H29NO2/c1-32-29-16-15-26(33-20-25-14-12-22-7-5-6-10-28(22)31-25)18-27(29)30(23-8-3-2-4-9-23)19-21-11-13-24(30)17-21/h2-10,12,14-16,18,21,24H,11,13,17,19-20H2,1H3. The van der Waals surface area contributed by atoms with E-state index in [1.165, 1.54) is 36.8 Å². The van der Waals surface area contributed by atoms with Crippen molar-refractivity contribution in [2.24, 2.45) is 11.8 Å². The molecular weight excluding hydrogens is 406 g/mol. The van der Waals surface area contributed by atoms with Crippen molar-refractivity contribution < 1.29 is 9.47 Å². The molecule has 2 bridgehead atoms. The van der Waals surface area contributed by atoms with Gasteiger partial charge in [0.15, 0.2) is 0 Å². The van der Waals surface area contributed by atoms with Crippen LogP contribution in [0.25, 0.3) is 10.9 Å². The van der Waals surface area contributed by atoms with E-state index in [-0.39, 0.29) is 5.41 Å². The minimum atomic E-state index is -0.00388. The quantitative estimate of drug-likeness (QED) is 0.329. The lowest BCUT2D eigenvalue weighted by Crippen LogP contribution is -2.34. The van der Waals surface area contributed by atoms with Crippen LogP contribution in [0.1, 0.15) is 42.5 Å². The molecule has 0 spiro atoms. The van der Waals surface area contributed by atoms with Crippen molar-refractivity contribution >= 4 is 10.9 Å². The molecule has 0 radical (unpaired) electrons. The predicted molar refractivity (Wildman–Crippen MR) is 132 cm³/mol. The molecule has 0 amide bonds. The first-order valence-electron chi connectivity index (χ1n) is 12.0. The summed E-state index contributed by atoms with van der Waals surface area (Å²) in [5.41, 5.74) is 4.61. The molecule has 2 aliphatic carbocycles. The third kappa shape index (κ3) is 3.47. The predicted octanol–water partition coefficient (Wildman–Crippen LogP) is 6.93. The molecule has 2 saturated carbocycles. The van der Waals surface area contributed by atoms with Crippen LogP contribution in [-0.4, -0.2) is 12.1 Å². The van der Waals surface area contributed by atoms with Crippen molar-refractivity contribution in [1.29, 1.82) is 0 Å². The molecule has 6 rings (SSSR count). The van der Waals surface area contributed by atoms with E-state index in [1.54, 1.807) is 7.11 Å². The SMILES string of the molecule is COc1ccc(OCc2ccc3ccccc3n2)cc1C1(c2ccccc2)CC2CCC1C2. The monoisotopic (exact) mass is 435 g/mol. The normalized spacial score (nSPS) is 23.7. The van der Waals surface area contributed by atoms with Crippen molar-refractivity contribution in [2.75, 3.05) is 7.11 Å². The number of pyridine rings is 1. The van der Waals surface area contributed by atoms with Gasteiger partial charge in [-0.15, -0.1) is 0 Å². The van der Waals surface area contributed by atoms with Crippen LogP contribution in [0.2, 0.25) is 0 Å². The Morgan fingerprint density at radius 3 is 2.55 bits per heavy atom. The van der Waals surface area contributed by atoms with Crippen molar-refractivity contribution in [3.8, 4) is 11.5 Å². The fourth-order valence-electron chi connectivity index (χ4n) is 6.38. The molecule has 3 unspecified atom stereocenters. The number of hydrogen-bond acceptors (Lipinski definition) is 3. The smallest absolute Gasteiger partial charge is 0.130 e. The van der Waals surface area contributed by atoms with Gasteiger partial charge in [-0.3, -0.25) is 0 Å². The number of hydrogen-bond donors (Lipinski definition) is 0. The molecule has 1 heterocycles. The molecule has 1 aromatic heterocycles. The molecular formula is C30H29NO2. The number of benzene rings is 3. The highest BCUT2D eigenvalue weighted by atomic mass is 16.5. The second-order valence-electron chi connectivity index (χ2n) is 9.56. The van der Waals surface area contributed by atoms with Crippen LogP contribution in [0.4, 0.5) is 0 Å². The summed E-state index contributed by atoms with van der Waals surface area (Å²) >= 11 is 0. The molecule has 0 N–H and O–H groups in total. The Kier molecular flexibility index (Phi) is 5.05. The Morgan fingerprint density at radius 2 is 1.76 bits per heavy atom. The Balaban J connectivity index is 1.36. The topological polar surface area (TPSA) is 31.4 Å². The number of para-hydroxylation sites is 1. The van der Waals surface area contributed by atoms with Gasteiger partial charge >= 0.3 is 0 Å². The maximum Gasteiger partial charge on any atom is 0.130 e. The number of rotatable bonds is 6. The lowest BCUT2D eigenvalue weighted by atomic mass is 9.64. The van der Waals surface area contributed by atoms with E-state index in [4.69, 9.17) is 14.5 Å². The van der Waals surface area contributed by atoms with Gasteiger partial charge in [-0.05, 0) is 67.0 Å². The van der Waals surface area contributed by atoms with E-state index in [9.17, 15) is 0 Å². The first-order valence-corrected chi connectivity index (χ1v) is 12.0. The second kappa shape index (κ2) is 8.22. The molecule has 4 aromatic rings. The fourth-order valence-corrected chi connectivity index (χ4v) is 6.38. The summed E-state index contributed by atoms with van der Waals surface area (Å²) in [4.78, 5) is 4.77. The van der Waals surface area contributed by atoms with Crippen LogP contribution >= 0.6 is 0 Å². The Bertz CT molecular complexity index is 1280. The van der Waals surface area contributed by atoms with Crippen molar-refractivity contribution in [3.63, 3.8) is 0 Å². The van der Waals surface area contributed by atoms with E-state index in [2.05, 4.69) is 54.6 Å². The Hall–Kier alpha value is -3.33. The van der Waals surface area contributed by atoms with Gasteiger partial charge in [0.2, 0.25) is 0 Å². The van der Waals surface area contributed by atoms with E-state index >= 15 is 0 Å². The molecule has 0 aliphatic heterocycles. The van der Waals surface area contributed by atoms with Crippen LogP contribution in [0, 0.1) is 11.8 Å². The molecule has 3 aromatic carbocycles. The largest absolute Gasteiger partial charge is 0.496 e. The zero-order valence-corrected chi connectivity index (χ0v) is 19.0. The van der Waals surface area contributed by atoms with Gasteiger partial charge in [0.05, 0.1) is 18.3 Å². The summed E-state index contributed by atoms with van der Waals surface area (Å²) in [5, 5.41) is 1.15. The first-order chi connectivity index (χ1) is 16.3. The number of methoxy groups -OCH3 is 1. The van der Waals surface area contributed by atoms with Crippen LogP contribution in [0.3, 0.4) is 0 Å². The number of nitrogens with zero attached hydrogens (tertiary/aromatic N) is 1. The minimum Gasteiger partial charge on any atom is -0.496 e. The van der Waals surface area contributed by atoms with Crippen LogP contribution in [0.15, 0.2) is 84.9 Å². The molecule has 2 aliphatic rings. The van der Waals surface area contributed by atoms with E-state index < -0.39 is 0 Å². The summed E-state index contributed by atoms with van der Waals surface area (Å²) in [6.07, 6.45) is 5.14. The fraction of sp³-hybridized carbons (Fsp3) is 0.300. The van der Waals surface area contributed by atoms with Gasteiger partial charge in [0, 0.05) is 16.4 Å². The highest BCUT2D eigenvalue weighted by molar-refractivity contribution is 5.78. The summed E-state index contributed by atoms with van der Waals surface area (Å²) in [7, 11) is 1.78. The van der Waals surface area contributed by atoms with Crippen LogP contribution < -0.4 is 9.47 Å². The average Bonchev–Trinajstić information content (AvgIpc) is 3.50. The lowest BCUT2D eigenvalue weighted by molar-refractivity contribution is 0.289. The lowest BCUT2D eigenvalue weighted by Gasteiger charge is -2.40. The molecule has 33 heavy (non-hydrogen) atoms. The second-order valence-corrected chi connectivity index (χ2v) is 9.56. The van der Waals surface area contributed by atoms with Gasteiger partial charge < -0.3 is 9.47 Å². The molecule has 3 atom stereocenters. The number of fused-ring (bicyclic) bond motifs is 3. The zero-order valence-electron chi connectivity index (χ0n) is 19.0. The highest BCUT2D eigenvalue weighted by Crippen LogP contribution is 2.61. The van der Waals surface area contributed by atoms with Crippen molar-refractivity contribution in [1.82, 2.24) is 4.98 Å². The van der Waals surface area contributed by atoms with E-state index in [0.717, 1.165) is 34.0 Å². The molecule has 3 nitrogen and oxygen atoms in total. The number of ether oxygens (including phenoxy) is 2. The van der Waals surface area contributed by atoms with Crippen LogP contribution in [0.5, 0.6) is 11.5 Å². The van der Waals surface area contributed by atoms with Gasteiger partial charge in [0.1, 0.15) is 18.1 Å². The average molecular weight is 436 g/mol. The maximum atomic E-state index is 6.28. The summed E-state index contributed by atoms with van der Waals surface area (Å²) < 4.78 is 12.2. The summed E-state index contributed by atoms with van der Waals surface area (Å²) in [6, 6.07) is 29.7. The van der Waals surface area contributed by atoms with Crippen LogP contribution in [-0.2, 0) is 12.0 Å². The molecule has 166 valence electrons. The van der Waals surface area contributed by atoms with Gasteiger partial charge in [0.25, 0.3) is 0 Å². The first kappa shape index (κ1) is 20.3. The van der Waals surface area contributed by atoms with E-state index in [1.807, 2.05) is 30.3 Å². The third-order valence-corrected chi connectivity index (χ3v) is 7.83. The zero-order chi connectivity index (χ0) is 22.3. The molecule has 2 fully saturated rings. The highest BCUT2D eigenvalue weighted by Gasteiger charge is 2.53. The van der Waals surface area contributed by atoms with Gasteiger partial charge in [-0.1, -0.05) is 61.0 Å². The maximum absolute atomic E-state index is 6.28.